The fraction of sp³-hybridized carbons (Fsp3) is 0.750. The first-order valence-corrected chi connectivity index (χ1v) is 5.85. The zero-order valence-corrected chi connectivity index (χ0v) is 10.5. The summed E-state index contributed by atoms with van der Waals surface area (Å²) >= 11 is 0. The van der Waals surface area contributed by atoms with E-state index < -0.39 is 0 Å². The summed E-state index contributed by atoms with van der Waals surface area (Å²) in [6.45, 7) is 8.71. The van der Waals surface area contributed by atoms with Gasteiger partial charge in [0.25, 0.3) is 0 Å². The highest BCUT2D eigenvalue weighted by atomic mass is 15.3. The molecule has 1 unspecified atom stereocenters. The molecule has 0 fully saturated rings. The standard InChI is InChI=1S/C12H23N3/c1-6-7-11-8-12(10(4)13-5)14-15(11)9(2)3/h8-10,13H,6-7H2,1-5H3. The lowest BCUT2D eigenvalue weighted by molar-refractivity contribution is 0.493. The van der Waals surface area contributed by atoms with Crippen molar-refractivity contribution in [2.75, 3.05) is 7.05 Å². The maximum atomic E-state index is 4.65. The second-order valence-corrected chi connectivity index (χ2v) is 4.36. The Labute approximate surface area is 92.9 Å². The zero-order valence-electron chi connectivity index (χ0n) is 10.5. The lowest BCUT2D eigenvalue weighted by Gasteiger charge is -2.10. The van der Waals surface area contributed by atoms with E-state index in [-0.39, 0.29) is 0 Å². The Morgan fingerprint density at radius 1 is 1.40 bits per heavy atom. The monoisotopic (exact) mass is 209 g/mol. The molecule has 3 nitrogen and oxygen atoms in total. The fourth-order valence-electron chi connectivity index (χ4n) is 1.70. The van der Waals surface area contributed by atoms with Gasteiger partial charge in [0.2, 0.25) is 0 Å². The molecule has 0 saturated carbocycles. The molecular weight excluding hydrogens is 186 g/mol. The fourth-order valence-corrected chi connectivity index (χ4v) is 1.70. The van der Waals surface area contributed by atoms with E-state index in [1.807, 2.05) is 7.05 Å². The van der Waals surface area contributed by atoms with Crippen LogP contribution in [0, 0.1) is 0 Å². The van der Waals surface area contributed by atoms with Gasteiger partial charge in [-0.15, -0.1) is 0 Å². The highest BCUT2D eigenvalue weighted by Gasteiger charge is 2.13. The summed E-state index contributed by atoms with van der Waals surface area (Å²) in [6, 6.07) is 3.01. The van der Waals surface area contributed by atoms with Gasteiger partial charge in [0, 0.05) is 17.8 Å². The molecule has 0 aliphatic rings. The van der Waals surface area contributed by atoms with Crippen molar-refractivity contribution in [2.24, 2.45) is 0 Å². The van der Waals surface area contributed by atoms with Crippen LogP contribution in [0.25, 0.3) is 0 Å². The normalized spacial score (nSPS) is 13.5. The summed E-state index contributed by atoms with van der Waals surface area (Å²) in [6.07, 6.45) is 2.29. The number of hydrogen-bond acceptors (Lipinski definition) is 2. The summed E-state index contributed by atoms with van der Waals surface area (Å²) in [7, 11) is 1.97. The predicted molar refractivity (Wildman–Crippen MR) is 64.1 cm³/mol. The van der Waals surface area contributed by atoms with Crippen LogP contribution in [-0.4, -0.2) is 16.8 Å². The predicted octanol–water partition coefficient (Wildman–Crippen LogP) is 2.70. The van der Waals surface area contributed by atoms with Gasteiger partial charge in [-0.2, -0.15) is 5.10 Å². The van der Waals surface area contributed by atoms with Gasteiger partial charge in [-0.3, -0.25) is 4.68 Å². The van der Waals surface area contributed by atoms with Gasteiger partial charge in [0.05, 0.1) is 5.69 Å². The summed E-state index contributed by atoms with van der Waals surface area (Å²) in [5.41, 5.74) is 2.50. The molecule has 1 rings (SSSR count). The Hall–Kier alpha value is -0.830. The second kappa shape index (κ2) is 5.31. The zero-order chi connectivity index (χ0) is 11.4. The number of nitrogens with one attached hydrogen (secondary N) is 1. The molecule has 0 amide bonds. The van der Waals surface area contributed by atoms with Crippen molar-refractivity contribution in [1.29, 1.82) is 0 Å². The van der Waals surface area contributed by atoms with Crippen LogP contribution >= 0.6 is 0 Å². The van der Waals surface area contributed by atoms with Crippen molar-refractivity contribution in [1.82, 2.24) is 15.1 Å². The maximum absolute atomic E-state index is 4.65. The number of rotatable bonds is 5. The van der Waals surface area contributed by atoms with Gasteiger partial charge in [-0.1, -0.05) is 13.3 Å². The van der Waals surface area contributed by atoms with Crippen LogP contribution in [0.3, 0.4) is 0 Å². The minimum absolute atomic E-state index is 0.334. The summed E-state index contributed by atoms with van der Waals surface area (Å²) < 4.78 is 2.15. The smallest absolute Gasteiger partial charge is 0.0794 e. The van der Waals surface area contributed by atoms with Gasteiger partial charge in [-0.05, 0) is 40.3 Å². The Bertz CT molecular complexity index is 302. The maximum Gasteiger partial charge on any atom is 0.0794 e. The summed E-state index contributed by atoms with van der Waals surface area (Å²) in [4.78, 5) is 0. The van der Waals surface area contributed by atoms with Crippen LogP contribution in [0.4, 0.5) is 0 Å². The van der Waals surface area contributed by atoms with Crippen LogP contribution in [0.1, 0.15) is 57.6 Å². The molecule has 1 aromatic rings. The Morgan fingerprint density at radius 3 is 2.53 bits per heavy atom. The molecule has 1 N–H and O–H groups in total. The van der Waals surface area contributed by atoms with Crippen molar-refractivity contribution in [3.8, 4) is 0 Å². The van der Waals surface area contributed by atoms with Crippen LogP contribution in [0.5, 0.6) is 0 Å². The molecule has 0 saturated heterocycles. The molecule has 1 aromatic heterocycles. The molecular formula is C12H23N3. The van der Waals surface area contributed by atoms with Crippen molar-refractivity contribution >= 4 is 0 Å². The first-order valence-electron chi connectivity index (χ1n) is 5.85. The average Bonchev–Trinajstić information content (AvgIpc) is 2.61. The Morgan fingerprint density at radius 2 is 2.07 bits per heavy atom. The number of aryl methyl sites for hydroxylation is 1. The molecule has 1 heterocycles. The Balaban J connectivity index is 2.98. The van der Waals surface area contributed by atoms with Gasteiger partial charge < -0.3 is 5.32 Å². The molecule has 3 heteroatoms. The average molecular weight is 209 g/mol. The third kappa shape index (κ3) is 2.81. The lowest BCUT2D eigenvalue weighted by Crippen LogP contribution is -2.14. The SMILES string of the molecule is CCCc1cc(C(C)NC)nn1C(C)C. The van der Waals surface area contributed by atoms with Gasteiger partial charge in [0.15, 0.2) is 0 Å². The van der Waals surface area contributed by atoms with E-state index in [4.69, 9.17) is 0 Å². The van der Waals surface area contributed by atoms with E-state index in [2.05, 4.69) is 48.9 Å². The first kappa shape index (κ1) is 12.2. The lowest BCUT2D eigenvalue weighted by atomic mass is 10.2. The summed E-state index contributed by atoms with van der Waals surface area (Å²) in [5.74, 6) is 0. The van der Waals surface area contributed by atoms with Crippen LogP contribution in [-0.2, 0) is 6.42 Å². The molecule has 1 atom stereocenters. The number of nitrogens with zero attached hydrogens (tertiary/aromatic N) is 2. The third-order valence-electron chi connectivity index (χ3n) is 2.70. The van der Waals surface area contributed by atoms with E-state index in [9.17, 15) is 0 Å². The topological polar surface area (TPSA) is 29.9 Å². The third-order valence-corrected chi connectivity index (χ3v) is 2.70. The minimum Gasteiger partial charge on any atom is -0.312 e. The van der Waals surface area contributed by atoms with Gasteiger partial charge in [-0.25, -0.2) is 0 Å². The summed E-state index contributed by atoms with van der Waals surface area (Å²) in [5, 5.41) is 7.88. The molecule has 0 aromatic carbocycles. The van der Waals surface area contributed by atoms with Crippen molar-refractivity contribution in [3.63, 3.8) is 0 Å². The van der Waals surface area contributed by atoms with E-state index >= 15 is 0 Å². The minimum atomic E-state index is 0.334. The van der Waals surface area contributed by atoms with Crippen LogP contribution < -0.4 is 5.32 Å². The molecule has 0 aliphatic heterocycles. The van der Waals surface area contributed by atoms with E-state index in [0.717, 1.165) is 12.1 Å². The van der Waals surface area contributed by atoms with E-state index in [1.54, 1.807) is 0 Å². The largest absolute Gasteiger partial charge is 0.312 e. The van der Waals surface area contributed by atoms with Crippen molar-refractivity contribution in [2.45, 2.75) is 52.6 Å². The van der Waals surface area contributed by atoms with Crippen LogP contribution in [0.2, 0.25) is 0 Å². The van der Waals surface area contributed by atoms with Gasteiger partial charge in [0.1, 0.15) is 0 Å². The quantitative estimate of drug-likeness (QED) is 0.808. The number of hydrogen-bond donors (Lipinski definition) is 1. The van der Waals surface area contributed by atoms with E-state index in [1.165, 1.54) is 12.1 Å². The highest BCUT2D eigenvalue weighted by Crippen LogP contribution is 2.17. The highest BCUT2D eigenvalue weighted by molar-refractivity contribution is 5.14. The van der Waals surface area contributed by atoms with Crippen molar-refractivity contribution < 1.29 is 0 Å². The molecule has 15 heavy (non-hydrogen) atoms. The second-order valence-electron chi connectivity index (χ2n) is 4.36. The molecule has 0 spiro atoms. The Kier molecular flexibility index (Phi) is 4.33. The van der Waals surface area contributed by atoms with E-state index in [0.29, 0.717) is 12.1 Å². The molecule has 0 aliphatic carbocycles. The molecule has 0 radical (unpaired) electrons. The van der Waals surface area contributed by atoms with Gasteiger partial charge >= 0.3 is 0 Å². The first-order chi connectivity index (χ1) is 7.10. The van der Waals surface area contributed by atoms with Crippen LogP contribution in [0.15, 0.2) is 6.07 Å². The molecule has 86 valence electrons. The molecule has 0 bridgehead atoms. The van der Waals surface area contributed by atoms with Crippen molar-refractivity contribution in [3.05, 3.63) is 17.5 Å². The number of aromatic nitrogens is 2.